The number of nitrogens with one attached hydrogen (secondary N) is 1. The summed E-state index contributed by atoms with van der Waals surface area (Å²) in [6, 6.07) is 2.91. The predicted octanol–water partition coefficient (Wildman–Crippen LogP) is 2.05. The maximum Gasteiger partial charge on any atom is 0.431 e. The third kappa shape index (κ3) is 2.55. The number of aromatic nitrogens is 1. The monoisotopic (exact) mass is 317 g/mol. The zero-order valence-electron chi connectivity index (χ0n) is 12.7. The van der Waals surface area contributed by atoms with Crippen molar-refractivity contribution < 1.29 is 17.9 Å². The smallest absolute Gasteiger partial charge is 0.383 e. The molecule has 0 atom stereocenters. The number of hydrogen-bond donors (Lipinski definition) is 1. The number of piperidine rings is 1. The molecule has 1 N–H and O–H groups in total. The molecule has 0 saturated carbocycles. The Morgan fingerprint density at radius 2 is 1.95 bits per heavy atom. The Morgan fingerprint density at radius 1 is 1.23 bits per heavy atom. The van der Waals surface area contributed by atoms with Crippen LogP contribution in [-0.2, 0) is 23.0 Å². The number of methoxy groups -OCH3 is 1. The maximum atomic E-state index is 13.2. The summed E-state index contributed by atoms with van der Waals surface area (Å²) in [6.45, 7) is 4.03. The molecule has 4 nitrogen and oxygen atoms in total. The first-order valence-corrected chi connectivity index (χ1v) is 7.71. The summed E-state index contributed by atoms with van der Waals surface area (Å²) >= 11 is 0. The highest BCUT2D eigenvalue weighted by Crippen LogP contribution is 2.43. The van der Waals surface area contributed by atoms with E-state index in [2.05, 4.69) is 10.2 Å². The van der Waals surface area contributed by atoms with Crippen molar-refractivity contribution in [2.75, 3.05) is 39.9 Å². The lowest BCUT2D eigenvalue weighted by Crippen LogP contribution is -2.57. The molecule has 1 fully saturated rings. The first-order chi connectivity index (χ1) is 10.5. The van der Waals surface area contributed by atoms with E-state index in [0.717, 1.165) is 38.2 Å². The minimum absolute atomic E-state index is 0.300. The highest BCUT2D eigenvalue weighted by atomic mass is 19.4. The Kier molecular flexibility index (Phi) is 4.22. The van der Waals surface area contributed by atoms with Crippen LogP contribution in [0.25, 0.3) is 0 Å². The van der Waals surface area contributed by atoms with Crippen molar-refractivity contribution in [3.63, 3.8) is 0 Å². The maximum absolute atomic E-state index is 13.2. The molecule has 0 aromatic carbocycles. The van der Waals surface area contributed by atoms with E-state index in [0.29, 0.717) is 19.7 Å². The van der Waals surface area contributed by atoms with Crippen molar-refractivity contribution in [1.29, 1.82) is 0 Å². The van der Waals surface area contributed by atoms with Gasteiger partial charge in [-0.25, -0.2) is 0 Å². The van der Waals surface area contributed by atoms with E-state index in [1.54, 1.807) is 13.2 Å². The highest BCUT2D eigenvalue weighted by Gasteiger charge is 2.46. The van der Waals surface area contributed by atoms with Crippen molar-refractivity contribution in [2.24, 2.45) is 0 Å². The Hall–Kier alpha value is -1.05. The van der Waals surface area contributed by atoms with E-state index in [1.807, 2.05) is 0 Å². The molecule has 2 aliphatic rings. The molecule has 1 aromatic heterocycles. The lowest BCUT2D eigenvalue weighted by Gasteiger charge is -2.50. The van der Waals surface area contributed by atoms with E-state index < -0.39 is 11.9 Å². The molecule has 0 aliphatic carbocycles. The van der Waals surface area contributed by atoms with Gasteiger partial charge in [0, 0.05) is 32.4 Å². The van der Waals surface area contributed by atoms with E-state index in [4.69, 9.17) is 4.74 Å². The van der Waals surface area contributed by atoms with Crippen molar-refractivity contribution >= 4 is 0 Å². The van der Waals surface area contributed by atoms with Gasteiger partial charge >= 0.3 is 6.18 Å². The van der Waals surface area contributed by atoms with Gasteiger partial charge in [0.15, 0.2) is 0 Å². The molecular formula is C15H22F3N3O. The number of hydrogen-bond acceptors (Lipinski definition) is 3. The van der Waals surface area contributed by atoms with Gasteiger partial charge in [0.1, 0.15) is 5.69 Å². The summed E-state index contributed by atoms with van der Waals surface area (Å²) in [5, 5.41) is 3.31. The Labute approximate surface area is 128 Å². The quantitative estimate of drug-likeness (QED) is 0.925. The number of rotatable bonds is 3. The molecule has 1 spiro atoms. The van der Waals surface area contributed by atoms with Crippen LogP contribution in [0.4, 0.5) is 13.2 Å². The van der Waals surface area contributed by atoms with E-state index in [1.165, 1.54) is 10.6 Å². The standard InChI is InChI=1S/C15H22F3N3O/c1-22-11-10-20-8-9-21-12(2-3-13(21)15(16,17)18)14(20)4-6-19-7-5-14/h2-3,19H,4-11H2,1H3. The van der Waals surface area contributed by atoms with Crippen molar-refractivity contribution in [3.05, 3.63) is 23.5 Å². The number of halogens is 3. The first kappa shape index (κ1) is 15.8. The molecule has 7 heteroatoms. The number of ether oxygens (including phenoxy) is 1. The molecule has 124 valence electrons. The second-order valence-electron chi connectivity index (χ2n) is 6.01. The predicted molar refractivity (Wildman–Crippen MR) is 76.7 cm³/mol. The molecule has 2 aliphatic heterocycles. The summed E-state index contributed by atoms with van der Waals surface area (Å²) in [6.07, 6.45) is -2.63. The van der Waals surface area contributed by atoms with Gasteiger partial charge < -0.3 is 14.6 Å². The fourth-order valence-electron chi connectivity index (χ4n) is 3.90. The fourth-order valence-corrected chi connectivity index (χ4v) is 3.90. The second-order valence-corrected chi connectivity index (χ2v) is 6.01. The molecule has 1 saturated heterocycles. The summed E-state index contributed by atoms with van der Waals surface area (Å²) in [7, 11) is 1.66. The summed E-state index contributed by atoms with van der Waals surface area (Å²) < 4.78 is 46.3. The number of alkyl halides is 3. The summed E-state index contributed by atoms with van der Waals surface area (Å²) in [4.78, 5) is 2.31. The van der Waals surface area contributed by atoms with Crippen LogP contribution in [0.3, 0.4) is 0 Å². The fraction of sp³-hybridized carbons (Fsp3) is 0.733. The van der Waals surface area contributed by atoms with Gasteiger partial charge in [-0.3, -0.25) is 4.90 Å². The summed E-state index contributed by atoms with van der Waals surface area (Å²) in [5.41, 5.74) is -0.0126. The number of fused-ring (bicyclic) bond motifs is 2. The molecule has 1 aromatic rings. The Balaban J connectivity index is 2.00. The molecule has 3 heterocycles. The van der Waals surface area contributed by atoms with Crippen LogP contribution in [0, 0.1) is 0 Å². The zero-order valence-corrected chi connectivity index (χ0v) is 12.7. The van der Waals surface area contributed by atoms with Crippen LogP contribution in [0.1, 0.15) is 24.2 Å². The van der Waals surface area contributed by atoms with Crippen molar-refractivity contribution in [3.8, 4) is 0 Å². The van der Waals surface area contributed by atoms with Gasteiger partial charge in [-0.05, 0) is 38.1 Å². The van der Waals surface area contributed by atoms with Gasteiger partial charge in [-0.15, -0.1) is 0 Å². The van der Waals surface area contributed by atoms with Gasteiger partial charge in [0.25, 0.3) is 0 Å². The van der Waals surface area contributed by atoms with E-state index in [9.17, 15) is 13.2 Å². The highest BCUT2D eigenvalue weighted by molar-refractivity contribution is 5.28. The normalized spacial score (nSPS) is 22.0. The molecule has 0 unspecified atom stereocenters. The minimum Gasteiger partial charge on any atom is -0.383 e. The van der Waals surface area contributed by atoms with Crippen LogP contribution in [-0.4, -0.2) is 49.4 Å². The van der Waals surface area contributed by atoms with Crippen LogP contribution in [0.2, 0.25) is 0 Å². The average Bonchev–Trinajstić information content (AvgIpc) is 2.93. The van der Waals surface area contributed by atoms with Gasteiger partial charge in [0.05, 0.1) is 12.1 Å². The minimum atomic E-state index is -4.29. The SMILES string of the molecule is COCCN1CCn2c(C(F)(F)F)ccc2C12CCNCC2. The van der Waals surface area contributed by atoms with Crippen LogP contribution in [0.15, 0.2) is 12.1 Å². The number of nitrogens with zero attached hydrogens (tertiary/aromatic N) is 2. The van der Waals surface area contributed by atoms with Crippen molar-refractivity contribution in [2.45, 2.75) is 31.1 Å². The molecule has 3 rings (SSSR count). The van der Waals surface area contributed by atoms with Crippen LogP contribution >= 0.6 is 0 Å². The largest absolute Gasteiger partial charge is 0.431 e. The topological polar surface area (TPSA) is 29.4 Å². The summed E-state index contributed by atoms with van der Waals surface area (Å²) in [5.74, 6) is 0. The van der Waals surface area contributed by atoms with Gasteiger partial charge in [0.2, 0.25) is 0 Å². The van der Waals surface area contributed by atoms with E-state index >= 15 is 0 Å². The third-order valence-corrected chi connectivity index (χ3v) is 4.94. The first-order valence-electron chi connectivity index (χ1n) is 7.71. The molecule has 0 amide bonds. The molecular weight excluding hydrogens is 295 g/mol. The Morgan fingerprint density at radius 3 is 2.59 bits per heavy atom. The lowest BCUT2D eigenvalue weighted by atomic mass is 9.81. The van der Waals surface area contributed by atoms with Crippen LogP contribution < -0.4 is 5.32 Å². The third-order valence-electron chi connectivity index (χ3n) is 4.94. The lowest BCUT2D eigenvalue weighted by molar-refractivity contribution is -0.145. The average molecular weight is 317 g/mol. The Bertz CT molecular complexity index is 521. The molecule has 0 bridgehead atoms. The zero-order chi connectivity index (χ0) is 15.8. The van der Waals surface area contributed by atoms with E-state index in [-0.39, 0.29) is 5.54 Å². The molecule has 0 radical (unpaired) electrons. The molecule has 22 heavy (non-hydrogen) atoms. The second kappa shape index (κ2) is 5.86. The van der Waals surface area contributed by atoms with Gasteiger partial charge in [-0.1, -0.05) is 0 Å². The van der Waals surface area contributed by atoms with Gasteiger partial charge in [-0.2, -0.15) is 13.2 Å². The van der Waals surface area contributed by atoms with Crippen LogP contribution in [0.5, 0.6) is 0 Å². The van der Waals surface area contributed by atoms with Crippen molar-refractivity contribution in [1.82, 2.24) is 14.8 Å².